The van der Waals surface area contributed by atoms with Gasteiger partial charge in [-0.1, -0.05) is 12.2 Å². The summed E-state index contributed by atoms with van der Waals surface area (Å²) in [6.45, 7) is 4.04. The number of allylic oxidation sites excluding steroid dienone is 1. The Kier molecular flexibility index (Phi) is 6.69. The second-order valence-electron chi connectivity index (χ2n) is 6.62. The number of ether oxygens (including phenoxy) is 4. The third kappa shape index (κ3) is 4.85. The molecule has 0 aliphatic carbocycles. The van der Waals surface area contributed by atoms with E-state index in [0.29, 0.717) is 32.3 Å². The van der Waals surface area contributed by atoms with Gasteiger partial charge in [0.25, 0.3) is 0 Å². The van der Waals surface area contributed by atoms with Gasteiger partial charge in [0, 0.05) is 17.4 Å². The molecule has 0 N–H and O–H groups in total. The molecular formula is C19H23F3O4. The van der Waals surface area contributed by atoms with Crippen molar-refractivity contribution < 1.29 is 32.1 Å². The van der Waals surface area contributed by atoms with E-state index in [-0.39, 0.29) is 17.8 Å². The maximum atomic E-state index is 13.3. The van der Waals surface area contributed by atoms with Crippen molar-refractivity contribution in [3.63, 3.8) is 0 Å². The Labute approximate surface area is 150 Å². The fourth-order valence-corrected chi connectivity index (χ4v) is 3.09. The van der Waals surface area contributed by atoms with Crippen LogP contribution >= 0.6 is 0 Å². The molecule has 3 rings (SSSR count). The first-order valence-electron chi connectivity index (χ1n) is 8.80. The normalized spacial score (nSPS) is 30.0. The van der Waals surface area contributed by atoms with Crippen LogP contribution in [0.3, 0.4) is 0 Å². The van der Waals surface area contributed by atoms with Gasteiger partial charge in [0.1, 0.15) is 0 Å². The molecule has 0 unspecified atom stereocenters. The summed E-state index contributed by atoms with van der Waals surface area (Å²) in [5.74, 6) is -3.56. The number of halogens is 3. The molecule has 0 bridgehead atoms. The first-order valence-corrected chi connectivity index (χ1v) is 8.80. The van der Waals surface area contributed by atoms with Crippen molar-refractivity contribution in [2.24, 2.45) is 11.8 Å². The zero-order valence-corrected chi connectivity index (χ0v) is 14.6. The van der Waals surface area contributed by atoms with Crippen LogP contribution in [0.25, 0.3) is 0 Å². The summed E-state index contributed by atoms with van der Waals surface area (Å²) in [5.41, 5.74) is 0.133. The number of rotatable bonds is 5. The third-order valence-corrected chi connectivity index (χ3v) is 4.51. The van der Waals surface area contributed by atoms with Crippen molar-refractivity contribution >= 4 is 0 Å². The lowest BCUT2D eigenvalue weighted by Gasteiger charge is -2.32. The van der Waals surface area contributed by atoms with E-state index in [9.17, 15) is 13.2 Å². The summed E-state index contributed by atoms with van der Waals surface area (Å²) >= 11 is 0. The van der Waals surface area contributed by atoms with Gasteiger partial charge in [0.2, 0.25) is 0 Å². The highest BCUT2D eigenvalue weighted by molar-refractivity contribution is 5.20. The highest BCUT2D eigenvalue weighted by atomic mass is 19.2. The number of hydrogen-bond donors (Lipinski definition) is 0. The van der Waals surface area contributed by atoms with Gasteiger partial charge in [-0.05, 0) is 31.9 Å². The molecule has 2 heterocycles. The first kappa shape index (κ1) is 19.4. The van der Waals surface area contributed by atoms with Gasteiger partial charge in [0.15, 0.2) is 30.0 Å². The van der Waals surface area contributed by atoms with E-state index in [1.54, 1.807) is 0 Å². The maximum absolute atomic E-state index is 13.3. The van der Waals surface area contributed by atoms with Crippen LogP contribution in [0.1, 0.15) is 31.6 Å². The van der Waals surface area contributed by atoms with Gasteiger partial charge in [-0.3, -0.25) is 0 Å². The standard InChI is InChI=1S/C19H23F3O4/c1-2-3-12-8-23-17(24-9-12)5-4-13-10-25-19(26-11-13)14-6-15(20)18(22)16(21)7-14/h2-3,6-7,12-13,17,19H,4-5,8-11H2,1H3/b3-2+. The van der Waals surface area contributed by atoms with Crippen LogP contribution in [-0.2, 0) is 18.9 Å². The van der Waals surface area contributed by atoms with Gasteiger partial charge in [0.05, 0.1) is 26.4 Å². The van der Waals surface area contributed by atoms with E-state index in [4.69, 9.17) is 18.9 Å². The molecule has 0 radical (unpaired) electrons. The molecule has 1 aromatic rings. The molecule has 26 heavy (non-hydrogen) atoms. The molecular weight excluding hydrogens is 349 g/mol. The lowest BCUT2D eigenvalue weighted by molar-refractivity contribution is -0.217. The average molecular weight is 372 g/mol. The fraction of sp³-hybridized carbons (Fsp3) is 0.579. The quantitative estimate of drug-likeness (QED) is 0.576. The summed E-state index contributed by atoms with van der Waals surface area (Å²) in [5, 5.41) is 0. The van der Waals surface area contributed by atoms with Crippen molar-refractivity contribution in [1.82, 2.24) is 0 Å². The predicted octanol–water partition coefficient (Wildman–Crippen LogP) is 4.11. The van der Waals surface area contributed by atoms with E-state index >= 15 is 0 Å². The van der Waals surface area contributed by atoms with Crippen LogP contribution in [0, 0.1) is 29.3 Å². The van der Waals surface area contributed by atoms with Gasteiger partial charge in [-0.2, -0.15) is 0 Å². The van der Waals surface area contributed by atoms with Crippen LogP contribution in [0.4, 0.5) is 13.2 Å². The molecule has 0 atom stereocenters. The average Bonchev–Trinajstić information content (AvgIpc) is 2.66. The van der Waals surface area contributed by atoms with Gasteiger partial charge in [-0.25, -0.2) is 13.2 Å². The topological polar surface area (TPSA) is 36.9 Å². The molecule has 7 heteroatoms. The van der Waals surface area contributed by atoms with E-state index in [1.807, 2.05) is 13.0 Å². The molecule has 0 spiro atoms. The largest absolute Gasteiger partial charge is 0.352 e. The molecule has 0 aromatic heterocycles. The van der Waals surface area contributed by atoms with E-state index in [0.717, 1.165) is 25.0 Å². The molecule has 144 valence electrons. The fourth-order valence-electron chi connectivity index (χ4n) is 3.09. The zero-order valence-electron chi connectivity index (χ0n) is 14.6. The molecule has 0 amide bonds. The van der Waals surface area contributed by atoms with Crippen molar-refractivity contribution in [3.05, 3.63) is 47.3 Å². The van der Waals surface area contributed by atoms with Crippen LogP contribution in [-0.4, -0.2) is 32.7 Å². The second kappa shape index (κ2) is 8.99. The molecule has 2 fully saturated rings. The lowest BCUT2D eigenvalue weighted by atomic mass is 10.0. The minimum atomic E-state index is -1.49. The molecule has 1 aromatic carbocycles. The van der Waals surface area contributed by atoms with Crippen LogP contribution in [0.2, 0.25) is 0 Å². The predicted molar refractivity (Wildman–Crippen MR) is 87.7 cm³/mol. The molecule has 2 aliphatic rings. The van der Waals surface area contributed by atoms with Gasteiger partial charge in [-0.15, -0.1) is 0 Å². The summed E-state index contributed by atoms with van der Waals surface area (Å²) in [6, 6.07) is 1.79. The van der Waals surface area contributed by atoms with E-state index in [1.165, 1.54) is 0 Å². The maximum Gasteiger partial charge on any atom is 0.194 e. The van der Waals surface area contributed by atoms with E-state index in [2.05, 4.69) is 6.08 Å². The second-order valence-corrected chi connectivity index (χ2v) is 6.62. The summed E-state index contributed by atoms with van der Waals surface area (Å²) in [4.78, 5) is 0. The molecule has 4 nitrogen and oxygen atoms in total. The Morgan fingerprint density at radius 2 is 1.54 bits per heavy atom. The highest BCUT2D eigenvalue weighted by Gasteiger charge is 2.27. The highest BCUT2D eigenvalue weighted by Crippen LogP contribution is 2.29. The minimum Gasteiger partial charge on any atom is -0.352 e. The minimum absolute atomic E-state index is 0.133. The lowest BCUT2D eigenvalue weighted by Crippen LogP contribution is -2.33. The van der Waals surface area contributed by atoms with Crippen molar-refractivity contribution in [3.8, 4) is 0 Å². The Morgan fingerprint density at radius 3 is 2.12 bits per heavy atom. The Balaban J connectivity index is 1.42. The monoisotopic (exact) mass is 372 g/mol. The van der Waals surface area contributed by atoms with Crippen molar-refractivity contribution in [2.75, 3.05) is 26.4 Å². The van der Waals surface area contributed by atoms with Crippen LogP contribution in [0.15, 0.2) is 24.3 Å². The van der Waals surface area contributed by atoms with E-state index < -0.39 is 23.7 Å². The summed E-state index contributed by atoms with van der Waals surface area (Å²) in [6.07, 6.45) is 4.46. The SMILES string of the molecule is C/C=C/C1COC(CCC2COC(c3cc(F)c(F)c(F)c3)OC2)OC1. The zero-order chi connectivity index (χ0) is 18.5. The Bertz CT molecular complexity index is 598. The Morgan fingerprint density at radius 1 is 0.923 bits per heavy atom. The molecule has 0 saturated carbocycles. The summed E-state index contributed by atoms with van der Waals surface area (Å²) < 4.78 is 62.1. The molecule has 2 saturated heterocycles. The van der Waals surface area contributed by atoms with Crippen LogP contribution in [0.5, 0.6) is 0 Å². The Hall–Kier alpha value is -1.41. The smallest absolute Gasteiger partial charge is 0.194 e. The van der Waals surface area contributed by atoms with Crippen molar-refractivity contribution in [2.45, 2.75) is 32.3 Å². The summed E-state index contributed by atoms with van der Waals surface area (Å²) in [7, 11) is 0. The third-order valence-electron chi connectivity index (χ3n) is 4.51. The van der Waals surface area contributed by atoms with Gasteiger partial charge < -0.3 is 18.9 Å². The van der Waals surface area contributed by atoms with Crippen molar-refractivity contribution in [1.29, 1.82) is 0 Å². The first-order chi connectivity index (χ1) is 12.6. The number of benzene rings is 1. The number of hydrogen-bond acceptors (Lipinski definition) is 4. The van der Waals surface area contributed by atoms with Crippen LogP contribution < -0.4 is 0 Å². The van der Waals surface area contributed by atoms with Gasteiger partial charge >= 0.3 is 0 Å². The molecule has 2 aliphatic heterocycles.